The number of nitriles is 1. The standard InChI is InChI=1S/C22H19F2N5O2/c23-13-4-5-20(18(24)7-13)29-10-16-17(11-29)21(16)27-22(30)26-14-3-1-2-12(6-14)19-8-15(9-25)31-28-19/h1-7,15-17,21H,8,10-11H2,(H2,26,27,30)/t15?,16-,17+,21+. The quantitative estimate of drug-likeness (QED) is 0.790. The van der Waals surface area contributed by atoms with Crippen molar-refractivity contribution < 1.29 is 18.4 Å². The highest BCUT2D eigenvalue weighted by atomic mass is 19.1. The van der Waals surface area contributed by atoms with Crippen molar-refractivity contribution in [2.45, 2.75) is 18.6 Å². The molecular weight excluding hydrogens is 404 g/mol. The fourth-order valence-electron chi connectivity index (χ4n) is 4.39. The lowest BCUT2D eigenvalue weighted by Gasteiger charge is -2.23. The van der Waals surface area contributed by atoms with Gasteiger partial charge in [0.1, 0.15) is 17.7 Å². The Morgan fingerprint density at radius 2 is 2.00 bits per heavy atom. The Kier molecular flexibility index (Phi) is 4.70. The number of nitrogens with one attached hydrogen (secondary N) is 2. The first-order valence-corrected chi connectivity index (χ1v) is 10.0. The Morgan fingerprint density at radius 3 is 2.71 bits per heavy atom. The molecule has 0 spiro atoms. The van der Waals surface area contributed by atoms with E-state index >= 15 is 0 Å². The summed E-state index contributed by atoms with van der Waals surface area (Å²) >= 11 is 0. The number of urea groups is 1. The van der Waals surface area contributed by atoms with E-state index in [4.69, 9.17) is 10.1 Å². The minimum atomic E-state index is -0.594. The topological polar surface area (TPSA) is 89.8 Å². The molecule has 7 nitrogen and oxygen atoms in total. The van der Waals surface area contributed by atoms with Crippen LogP contribution in [0.15, 0.2) is 47.6 Å². The van der Waals surface area contributed by atoms with Gasteiger partial charge >= 0.3 is 6.03 Å². The lowest BCUT2D eigenvalue weighted by Crippen LogP contribution is -2.37. The predicted molar refractivity (Wildman–Crippen MR) is 110 cm³/mol. The maximum atomic E-state index is 14.0. The van der Waals surface area contributed by atoms with Crippen LogP contribution < -0.4 is 15.5 Å². The molecule has 2 aromatic rings. The highest BCUT2D eigenvalue weighted by Gasteiger charge is 2.56. The van der Waals surface area contributed by atoms with Gasteiger partial charge in [0.2, 0.25) is 6.10 Å². The molecule has 2 heterocycles. The molecule has 158 valence electrons. The number of carbonyl (C=O) groups excluding carboxylic acids is 1. The van der Waals surface area contributed by atoms with Gasteiger partial charge in [0, 0.05) is 54.7 Å². The van der Waals surface area contributed by atoms with Gasteiger partial charge in [-0.05, 0) is 24.3 Å². The van der Waals surface area contributed by atoms with Gasteiger partial charge in [-0.2, -0.15) is 5.26 Å². The van der Waals surface area contributed by atoms with Crippen LogP contribution in [0.4, 0.5) is 25.0 Å². The highest BCUT2D eigenvalue weighted by Crippen LogP contribution is 2.47. The van der Waals surface area contributed by atoms with Gasteiger partial charge in [-0.15, -0.1) is 0 Å². The van der Waals surface area contributed by atoms with Gasteiger partial charge in [0.05, 0.1) is 11.4 Å². The van der Waals surface area contributed by atoms with Crippen LogP contribution in [-0.2, 0) is 4.84 Å². The first-order chi connectivity index (χ1) is 15.0. The molecule has 2 aromatic carbocycles. The minimum Gasteiger partial charge on any atom is -0.376 e. The van der Waals surface area contributed by atoms with E-state index in [1.165, 1.54) is 12.1 Å². The van der Waals surface area contributed by atoms with Crippen molar-refractivity contribution >= 4 is 23.1 Å². The van der Waals surface area contributed by atoms with Crippen LogP contribution in [0.1, 0.15) is 12.0 Å². The number of hydrogen-bond acceptors (Lipinski definition) is 5. The number of halogens is 2. The maximum absolute atomic E-state index is 14.0. The Balaban J connectivity index is 1.15. The molecule has 2 amide bonds. The van der Waals surface area contributed by atoms with Crippen molar-refractivity contribution in [1.82, 2.24) is 5.32 Å². The summed E-state index contributed by atoms with van der Waals surface area (Å²) in [6, 6.07) is 12.5. The van der Waals surface area contributed by atoms with E-state index in [0.29, 0.717) is 36.6 Å². The molecule has 2 N–H and O–H groups in total. The van der Waals surface area contributed by atoms with Crippen LogP contribution >= 0.6 is 0 Å². The second-order valence-electron chi connectivity index (χ2n) is 8.00. The number of carbonyl (C=O) groups is 1. The SMILES string of the molecule is N#CC1CC(c2cccc(NC(=O)N[C@H]3[C@@H]4CN(c5ccc(F)cc5F)C[C@@H]43)c2)=NO1. The van der Waals surface area contributed by atoms with Crippen LogP contribution in [0.2, 0.25) is 0 Å². The van der Waals surface area contributed by atoms with Crippen LogP contribution in [0, 0.1) is 34.8 Å². The second-order valence-corrected chi connectivity index (χ2v) is 8.00. The fourth-order valence-corrected chi connectivity index (χ4v) is 4.39. The summed E-state index contributed by atoms with van der Waals surface area (Å²) in [5, 5.41) is 18.7. The fraction of sp³-hybridized carbons (Fsp3) is 0.318. The van der Waals surface area contributed by atoms with Gasteiger partial charge in [0.25, 0.3) is 0 Å². The molecule has 2 aliphatic heterocycles. The number of fused-ring (bicyclic) bond motifs is 1. The summed E-state index contributed by atoms with van der Waals surface area (Å²) in [5.74, 6) is -0.672. The van der Waals surface area contributed by atoms with Crippen LogP contribution in [-0.4, -0.2) is 37.0 Å². The number of nitrogens with zero attached hydrogens (tertiary/aromatic N) is 3. The van der Waals surface area contributed by atoms with Gasteiger partial charge in [0.15, 0.2) is 0 Å². The van der Waals surface area contributed by atoms with E-state index in [2.05, 4.69) is 15.8 Å². The third kappa shape index (κ3) is 3.77. The summed E-state index contributed by atoms with van der Waals surface area (Å²) in [5.41, 5.74) is 2.46. The molecule has 5 rings (SSSR count). The third-order valence-electron chi connectivity index (χ3n) is 6.01. The summed E-state index contributed by atoms with van der Waals surface area (Å²) < 4.78 is 27.1. The highest BCUT2D eigenvalue weighted by molar-refractivity contribution is 6.02. The summed E-state index contributed by atoms with van der Waals surface area (Å²) in [4.78, 5) is 19.4. The number of piperidine rings is 1. The Hall–Kier alpha value is -3.67. The number of anilines is 2. The summed E-state index contributed by atoms with van der Waals surface area (Å²) in [6.45, 7) is 1.24. The number of amides is 2. The molecule has 0 radical (unpaired) electrons. The van der Waals surface area contributed by atoms with Crippen molar-refractivity contribution in [3.63, 3.8) is 0 Å². The molecule has 1 saturated heterocycles. The molecule has 9 heteroatoms. The van der Waals surface area contributed by atoms with E-state index in [9.17, 15) is 13.6 Å². The molecule has 0 bridgehead atoms. The molecule has 1 unspecified atom stereocenters. The molecule has 1 aliphatic carbocycles. The Bertz CT molecular complexity index is 1100. The number of rotatable bonds is 4. The summed E-state index contributed by atoms with van der Waals surface area (Å²) in [7, 11) is 0. The number of benzene rings is 2. The zero-order chi connectivity index (χ0) is 21.5. The van der Waals surface area contributed by atoms with Crippen LogP contribution in [0.3, 0.4) is 0 Å². The van der Waals surface area contributed by atoms with Crippen LogP contribution in [0.5, 0.6) is 0 Å². The third-order valence-corrected chi connectivity index (χ3v) is 6.01. The predicted octanol–water partition coefficient (Wildman–Crippen LogP) is 3.24. The normalized spacial score (nSPS) is 25.8. The zero-order valence-corrected chi connectivity index (χ0v) is 16.4. The molecule has 31 heavy (non-hydrogen) atoms. The lowest BCUT2D eigenvalue weighted by atomic mass is 10.0. The zero-order valence-electron chi connectivity index (χ0n) is 16.4. The van der Waals surface area contributed by atoms with Gasteiger partial charge in [-0.25, -0.2) is 13.6 Å². The average Bonchev–Trinajstić information content (AvgIpc) is 3.14. The van der Waals surface area contributed by atoms with Crippen LogP contribution in [0.25, 0.3) is 0 Å². The van der Waals surface area contributed by atoms with Crippen molar-refractivity contribution in [3.8, 4) is 6.07 Å². The first-order valence-electron chi connectivity index (χ1n) is 10.0. The van der Waals surface area contributed by atoms with E-state index in [0.717, 1.165) is 11.6 Å². The van der Waals surface area contributed by atoms with E-state index in [1.807, 2.05) is 17.0 Å². The van der Waals surface area contributed by atoms with Crippen molar-refractivity contribution in [3.05, 3.63) is 59.7 Å². The van der Waals surface area contributed by atoms with Gasteiger partial charge in [-0.3, -0.25) is 0 Å². The van der Waals surface area contributed by atoms with E-state index in [1.54, 1.807) is 18.2 Å². The summed E-state index contributed by atoms with van der Waals surface area (Å²) in [6.07, 6.45) is -0.171. The van der Waals surface area contributed by atoms with E-state index < -0.39 is 17.7 Å². The molecular formula is C22H19F2N5O2. The maximum Gasteiger partial charge on any atom is 0.319 e. The Labute approximate surface area is 177 Å². The van der Waals surface area contributed by atoms with Gasteiger partial charge < -0.3 is 20.4 Å². The average molecular weight is 423 g/mol. The molecule has 2 fully saturated rings. The minimum absolute atomic E-state index is 0.0342. The second kappa shape index (κ2) is 7.54. The molecule has 1 saturated carbocycles. The Morgan fingerprint density at radius 1 is 1.19 bits per heavy atom. The lowest BCUT2D eigenvalue weighted by molar-refractivity contribution is 0.125. The van der Waals surface area contributed by atoms with Crippen molar-refractivity contribution in [2.24, 2.45) is 17.0 Å². The molecule has 4 atom stereocenters. The van der Waals surface area contributed by atoms with Crippen molar-refractivity contribution in [1.29, 1.82) is 5.26 Å². The molecule has 0 aromatic heterocycles. The first kappa shape index (κ1) is 19.3. The number of hydrogen-bond donors (Lipinski definition) is 2. The smallest absolute Gasteiger partial charge is 0.319 e. The van der Waals surface area contributed by atoms with Gasteiger partial charge in [-0.1, -0.05) is 17.3 Å². The monoisotopic (exact) mass is 423 g/mol. The molecule has 3 aliphatic rings. The largest absolute Gasteiger partial charge is 0.376 e. The number of oxime groups is 1. The van der Waals surface area contributed by atoms with Crippen molar-refractivity contribution in [2.75, 3.05) is 23.3 Å². The van der Waals surface area contributed by atoms with E-state index in [-0.39, 0.29) is 23.9 Å².